The first-order valence-corrected chi connectivity index (χ1v) is 11.4. The summed E-state index contributed by atoms with van der Waals surface area (Å²) < 4.78 is 16.9. The molecule has 8 heteroatoms. The van der Waals surface area contributed by atoms with E-state index in [1.165, 1.54) is 11.6 Å². The number of H-pyrrole nitrogens is 1. The van der Waals surface area contributed by atoms with Crippen LogP contribution in [0.4, 0.5) is 0 Å². The largest absolute Gasteiger partial charge is 0.507 e. The molecular formula is C26H28N2O6. The third-order valence-electron chi connectivity index (χ3n) is 6.43. The Morgan fingerprint density at radius 3 is 2.88 bits per heavy atom. The van der Waals surface area contributed by atoms with Crippen molar-refractivity contribution >= 4 is 22.6 Å². The summed E-state index contributed by atoms with van der Waals surface area (Å²) in [5.41, 5.74) is 2.72. The number of benzene rings is 2. The molecule has 1 amide bonds. The van der Waals surface area contributed by atoms with E-state index < -0.39 is 5.60 Å². The topological polar surface area (TPSA) is 110 Å². The molecule has 2 aliphatic rings. The van der Waals surface area contributed by atoms with Gasteiger partial charge in [0.05, 0.1) is 19.6 Å². The van der Waals surface area contributed by atoms with Gasteiger partial charge in [0.25, 0.3) is 5.91 Å². The molecule has 3 N–H and O–H groups in total. The number of aromatic hydroxyl groups is 1. The molecule has 1 aliphatic carbocycles. The van der Waals surface area contributed by atoms with Gasteiger partial charge < -0.3 is 29.6 Å². The van der Waals surface area contributed by atoms with Gasteiger partial charge in [0.1, 0.15) is 34.2 Å². The van der Waals surface area contributed by atoms with E-state index in [1.807, 2.05) is 32.0 Å². The van der Waals surface area contributed by atoms with Gasteiger partial charge in [0, 0.05) is 28.7 Å². The number of hydrogen-bond donors (Lipinski definition) is 3. The summed E-state index contributed by atoms with van der Waals surface area (Å²) in [4.78, 5) is 28.5. The highest BCUT2D eigenvalue weighted by Crippen LogP contribution is 2.41. The van der Waals surface area contributed by atoms with E-state index >= 15 is 0 Å². The van der Waals surface area contributed by atoms with E-state index in [0.717, 1.165) is 41.6 Å². The van der Waals surface area contributed by atoms with E-state index in [4.69, 9.17) is 14.2 Å². The Morgan fingerprint density at radius 2 is 2.09 bits per heavy atom. The fourth-order valence-electron chi connectivity index (χ4n) is 4.93. The molecule has 0 saturated carbocycles. The number of hydrogen-bond acceptors (Lipinski definition) is 6. The lowest BCUT2D eigenvalue weighted by molar-refractivity contribution is -0.124. The summed E-state index contributed by atoms with van der Waals surface area (Å²) in [6.07, 6.45) is 2.91. The van der Waals surface area contributed by atoms with Crippen molar-refractivity contribution in [2.75, 3.05) is 13.7 Å². The lowest BCUT2D eigenvalue weighted by Crippen LogP contribution is -2.36. The predicted octanol–water partition coefficient (Wildman–Crippen LogP) is 4.20. The van der Waals surface area contributed by atoms with Crippen molar-refractivity contribution in [2.24, 2.45) is 0 Å². The second-order valence-corrected chi connectivity index (χ2v) is 9.51. The van der Waals surface area contributed by atoms with Crippen LogP contribution in [0.3, 0.4) is 0 Å². The van der Waals surface area contributed by atoms with Crippen LogP contribution in [0.1, 0.15) is 60.8 Å². The predicted molar refractivity (Wildman–Crippen MR) is 126 cm³/mol. The second kappa shape index (κ2) is 8.27. The molecule has 0 unspecified atom stereocenters. The SMILES string of the molecule is COc1ccc2[nH]c3c(c2c1)CCC[C@H]3NC(=O)COc1cc(O)c2c(c1)OC(C)(C)CC2=O. The summed E-state index contributed by atoms with van der Waals surface area (Å²) in [6, 6.07) is 8.68. The van der Waals surface area contributed by atoms with Crippen LogP contribution in [0.25, 0.3) is 10.9 Å². The summed E-state index contributed by atoms with van der Waals surface area (Å²) in [5, 5.41) is 14.5. The van der Waals surface area contributed by atoms with Crippen LogP contribution in [0, 0.1) is 0 Å². The third-order valence-corrected chi connectivity index (χ3v) is 6.43. The molecule has 8 nitrogen and oxygen atoms in total. The normalized spacial score (nSPS) is 18.6. The van der Waals surface area contributed by atoms with Crippen LogP contribution in [0.15, 0.2) is 30.3 Å². The Labute approximate surface area is 197 Å². The first-order chi connectivity index (χ1) is 16.2. The number of amides is 1. The number of aryl methyl sites for hydroxylation is 1. The lowest BCUT2D eigenvalue weighted by atomic mass is 9.91. The number of carbonyl (C=O) groups excluding carboxylic acids is 2. The Balaban J connectivity index is 1.29. The number of fused-ring (bicyclic) bond motifs is 4. The molecule has 2 heterocycles. The molecule has 0 radical (unpaired) electrons. The minimum Gasteiger partial charge on any atom is -0.507 e. The first-order valence-electron chi connectivity index (χ1n) is 11.4. The molecule has 5 rings (SSSR count). The monoisotopic (exact) mass is 464 g/mol. The average Bonchev–Trinajstić information content (AvgIpc) is 3.15. The molecule has 3 aromatic rings. The Morgan fingerprint density at radius 1 is 1.26 bits per heavy atom. The number of aromatic nitrogens is 1. The first kappa shape index (κ1) is 22.1. The van der Waals surface area contributed by atoms with Gasteiger partial charge in [-0.15, -0.1) is 0 Å². The molecule has 1 atom stereocenters. The fourth-order valence-corrected chi connectivity index (χ4v) is 4.93. The average molecular weight is 465 g/mol. The number of ketones is 1. The number of Topliss-reactive ketones (excluding diaryl/α,β-unsaturated/α-hetero) is 1. The molecule has 0 bridgehead atoms. The van der Waals surface area contributed by atoms with Gasteiger partial charge in [-0.2, -0.15) is 0 Å². The number of carbonyl (C=O) groups is 2. The number of aromatic amines is 1. The third kappa shape index (κ3) is 4.04. The summed E-state index contributed by atoms with van der Waals surface area (Å²) in [7, 11) is 1.65. The van der Waals surface area contributed by atoms with E-state index in [9.17, 15) is 14.7 Å². The Bertz CT molecular complexity index is 1290. The molecule has 1 aliphatic heterocycles. The molecule has 1 aromatic heterocycles. The molecule has 0 saturated heterocycles. The van der Waals surface area contributed by atoms with Crippen molar-refractivity contribution < 1.29 is 28.9 Å². The van der Waals surface area contributed by atoms with Gasteiger partial charge in [-0.1, -0.05) is 0 Å². The van der Waals surface area contributed by atoms with Crippen molar-refractivity contribution in [2.45, 2.75) is 51.2 Å². The van der Waals surface area contributed by atoms with Crippen LogP contribution in [0.5, 0.6) is 23.0 Å². The van der Waals surface area contributed by atoms with Gasteiger partial charge in [-0.25, -0.2) is 0 Å². The molecule has 2 aromatic carbocycles. The summed E-state index contributed by atoms with van der Waals surface area (Å²) in [6.45, 7) is 3.39. The number of phenolic OH excluding ortho intramolecular Hbond substituents is 1. The van der Waals surface area contributed by atoms with Gasteiger partial charge in [-0.3, -0.25) is 9.59 Å². The van der Waals surface area contributed by atoms with Crippen molar-refractivity contribution in [3.05, 3.63) is 47.2 Å². The second-order valence-electron chi connectivity index (χ2n) is 9.51. The zero-order chi connectivity index (χ0) is 24.0. The molecule has 0 fully saturated rings. The zero-order valence-electron chi connectivity index (χ0n) is 19.5. The van der Waals surface area contributed by atoms with E-state index in [-0.39, 0.29) is 53.6 Å². The molecule has 0 spiro atoms. The summed E-state index contributed by atoms with van der Waals surface area (Å²) in [5.74, 6) is 0.664. The molecule has 178 valence electrons. The quantitative estimate of drug-likeness (QED) is 0.522. The highest BCUT2D eigenvalue weighted by atomic mass is 16.5. The Hall–Kier alpha value is -3.68. The zero-order valence-corrected chi connectivity index (χ0v) is 19.5. The molecule has 34 heavy (non-hydrogen) atoms. The van der Waals surface area contributed by atoms with E-state index in [1.54, 1.807) is 13.2 Å². The maximum absolute atomic E-state index is 12.7. The van der Waals surface area contributed by atoms with Crippen molar-refractivity contribution in [3.63, 3.8) is 0 Å². The fraction of sp³-hybridized carbons (Fsp3) is 0.385. The standard InChI is InChI=1S/C26H28N2O6/c1-26(2)12-21(30)24-20(29)10-15(11-22(24)34-26)33-13-23(31)27-19-6-4-5-16-17-9-14(32-3)7-8-18(17)28-25(16)19/h7-11,19,28-29H,4-6,12-13H2,1-3H3,(H,27,31)/t19-/m1/s1. The highest BCUT2D eigenvalue weighted by molar-refractivity contribution is 6.03. The van der Waals surface area contributed by atoms with Crippen LogP contribution in [0.2, 0.25) is 0 Å². The van der Waals surface area contributed by atoms with E-state index in [0.29, 0.717) is 0 Å². The smallest absolute Gasteiger partial charge is 0.258 e. The maximum Gasteiger partial charge on any atom is 0.258 e. The van der Waals surface area contributed by atoms with Crippen LogP contribution < -0.4 is 19.5 Å². The minimum atomic E-state index is -0.672. The molecular weight excluding hydrogens is 436 g/mol. The van der Waals surface area contributed by atoms with Crippen molar-refractivity contribution in [3.8, 4) is 23.0 Å². The van der Waals surface area contributed by atoms with Gasteiger partial charge in [0.2, 0.25) is 0 Å². The van der Waals surface area contributed by atoms with Crippen molar-refractivity contribution in [1.29, 1.82) is 0 Å². The maximum atomic E-state index is 12.7. The van der Waals surface area contributed by atoms with Crippen LogP contribution >= 0.6 is 0 Å². The summed E-state index contributed by atoms with van der Waals surface area (Å²) >= 11 is 0. The number of phenols is 1. The van der Waals surface area contributed by atoms with Crippen LogP contribution in [-0.4, -0.2) is 41.1 Å². The number of methoxy groups -OCH3 is 1. The Kier molecular flexibility index (Phi) is 5.38. The van der Waals surface area contributed by atoms with Crippen molar-refractivity contribution in [1.82, 2.24) is 10.3 Å². The van der Waals surface area contributed by atoms with Crippen LogP contribution in [-0.2, 0) is 11.2 Å². The van der Waals surface area contributed by atoms with E-state index in [2.05, 4.69) is 10.3 Å². The minimum absolute atomic E-state index is 0.142. The highest BCUT2D eigenvalue weighted by Gasteiger charge is 2.35. The van der Waals surface area contributed by atoms with Gasteiger partial charge >= 0.3 is 0 Å². The van der Waals surface area contributed by atoms with Gasteiger partial charge in [-0.05, 0) is 56.9 Å². The lowest BCUT2D eigenvalue weighted by Gasteiger charge is -2.32. The van der Waals surface area contributed by atoms with Gasteiger partial charge in [0.15, 0.2) is 12.4 Å². The number of nitrogens with one attached hydrogen (secondary N) is 2. The number of rotatable bonds is 5. The number of ether oxygens (including phenoxy) is 3.